The lowest BCUT2D eigenvalue weighted by atomic mass is 10.6. The molecule has 0 amide bonds. The Balaban J connectivity index is 2.78. The van der Waals surface area contributed by atoms with Crippen molar-refractivity contribution in [3.05, 3.63) is 0 Å². The molecule has 7 heteroatoms. The standard InChI is InChI=1S/C9H17N5O2/c1-4-16-9-12-7(10)11-8(13-9)14(2)5-6-15-3/h4-6H2,1-3H3,(H2,10,11,12,13). The summed E-state index contributed by atoms with van der Waals surface area (Å²) in [4.78, 5) is 13.8. The summed E-state index contributed by atoms with van der Waals surface area (Å²) in [5.74, 6) is 0.630. The second-order valence-corrected chi connectivity index (χ2v) is 3.12. The van der Waals surface area contributed by atoms with Crippen LogP contribution in [-0.2, 0) is 4.74 Å². The molecule has 1 rings (SSSR count). The van der Waals surface area contributed by atoms with Crippen LogP contribution >= 0.6 is 0 Å². The van der Waals surface area contributed by atoms with E-state index >= 15 is 0 Å². The molecule has 0 saturated heterocycles. The lowest BCUT2D eigenvalue weighted by molar-refractivity contribution is 0.206. The second kappa shape index (κ2) is 6.06. The minimum atomic E-state index is 0.151. The number of nitrogen functional groups attached to an aromatic ring is 1. The molecule has 1 heterocycles. The van der Waals surface area contributed by atoms with Gasteiger partial charge in [-0.25, -0.2) is 0 Å². The van der Waals surface area contributed by atoms with Gasteiger partial charge in [-0.05, 0) is 6.92 Å². The van der Waals surface area contributed by atoms with Gasteiger partial charge in [0.25, 0.3) is 0 Å². The molecule has 0 radical (unpaired) electrons. The number of aromatic nitrogens is 3. The Hall–Kier alpha value is -1.63. The summed E-state index contributed by atoms with van der Waals surface area (Å²) in [7, 11) is 3.49. The van der Waals surface area contributed by atoms with E-state index in [4.69, 9.17) is 15.2 Å². The third kappa shape index (κ3) is 3.50. The lowest BCUT2D eigenvalue weighted by Crippen LogP contribution is -2.25. The van der Waals surface area contributed by atoms with Crippen molar-refractivity contribution in [2.75, 3.05) is 44.5 Å². The van der Waals surface area contributed by atoms with Gasteiger partial charge < -0.3 is 20.1 Å². The van der Waals surface area contributed by atoms with Gasteiger partial charge in [-0.2, -0.15) is 15.0 Å². The van der Waals surface area contributed by atoms with Crippen LogP contribution in [0, 0.1) is 0 Å². The van der Waals surface area contributed by atoms with Crippen LogP contribution in [0.5, 0.6) is 6.01 Å². The highest BCUT2D eigenvalue weighted by molar-refractivity contribution is 5.34. The van der Waals surface area contributed by atoms with Crippen LogP contribution in [0.25, 0.3) is 0 Å². The summed E-state index contributed by atoms with van der Waals surface area (Å²) < 4.78 is 10.1. The minimum absolute atomic E-state index is 0.151. The monoisotopic (exact) mass is 227 g/mol. The Labute approximate surface area is 94.6 Å². The van der Waals surface area contributed by atoms with E-state index in [1.165, 1.54) is 0 Å². The summed E-state index contributed by atoms with van der Waals surface area (Å²) >= 11 is 0. The molecular formula is C9H17N5O2. The SMILES string of the molecule is CCOc1nc(N)nc(N(C)CCOC)n1. The van der Waals surface area contributed by atoms with Crippen molar-refractivity contribution in [2.45, 2.75) is 6.92 Å². The Kier molecular flexibility index (Phi) is 4.71. The number of anilines is 2. The second-order valence-electron chi connectivity index (χ2n) is 3.12. The first-order chi connectivity index (χ1) is 7.67. The van der Waals surface area contributed by atoms with Crippen LogP contribution in [0.1, 0.15) is 6.92 Å². The van der Waals surface area contributed by atoms with Crippen molar-refractivity contribution in [2.24, 2.45) is 0 Å². The van der Waals surface area contributed by atoms with Gasteiger partial charge in [0.1, 0.15) is 0 Å². The van der Waals surface area contributed by atoms with Crippen molar-refractivity contribution < 1.29 is 9.47 Å². The summed E-state index contributed by atoms with van der Waals surface area (Å²) in [6.45, 7) is 3.61. The minimum Gasteiger partial charge on any atom is -0.464 e. The van der Waals surface area contributed by atoms with Crippen molar-refractivity contribution in [1.29, 1.82) is 0 Å². The maximum absolute atomic E-state index is 5.56. The van der Waals surface area contributed by atoms with Gasteiger partial charge in [-0.1, -0.05) is 0 Å². The molecule has 2 N–H and O–H groups in total. The molecule has 0 bridgehead atoms. The van der Waals surface area contributed by atoms with Crippen LogP contribution in [-0.4, -0.2) is 48.9 Å². The van der Waals surface area contributed by atoms with Crippen LogP contribution < -0.4 is 15.4 Å². The van der Waals surface area contributed by atoms with Gasteiger partial charge in [0.15, 0.2) is 0 Å². The number of methoxy groups -OCH3 is 1. The maximum Gasteiger partial charge on any atom is 0.323 e. The van der Waals surface area contributed by atoms with Crippen LogP contribution in [0.2, 0.25) is 0 Å². The zero-order valence-electron chi connectivity index (χ0n) is 9.80. The molecule has 16 heavy (non-hydrogen) atoms. The molecule has 0 atom stereocenters. The predicted molar refractivity (Wildman–Crippen MR) is 60.6 cm³/mol. The fraction of sp³-hybridized carbons (Fsp3) is 0.667. The number of hydrogen-bond acceptors (Lipinski definition) is 7. The van der Waals surface area contributed by atoms with Gasteiger partial charge in [-0.15, -0.1) is 0 Å². The molecular weight excluding hydrogens is 210 g/mol. The van der Waals surface area contributed by atoms with Gasteiger partial charge in [0.2, 0.25) is 11.9 Å². The quantitative estimate of drug-likeness (QED) is 0.728. The van der Waals surface area contributed by atoms with Crippen molar-refractivity contribution in [3.63, 3.8) is 0 Å². The Morgan fingerprint density at radius 1 is 1.31 bits per heavy atom. The highest BCUT2D eigenvalue weighted by atomic mass is 16.5. The Morgan fingerprint density at radius 3 is 2.69 bits per heavy atom. The Bertz CT molecular complexity index is 334. The summed E-state index contributed by atoms with van der Waals surface area (Å²) in [5.41, 5.74) is 5.56. The van der Waals surface area contributed by atoms with Gasteiger partial charge in [0.05, 0.1) is 13.2 Å². The average Bonchev–Trinajstić information content (AvgIpc) is 2.25. The maximum atomic E-state index is 5.56. The number of hydrogen-bond donors (Lipinski definition) is 1. The fourth-order valence-electron chi connectivity index (χ4n) is 1.05. The van der Waals surface area contributed by atoms with Crippen molar-refractivity contribution in [3.8, 4) is 6.01 Å². The first-order valence-electron chi connectivity index (χ1n) is 5.01. The topological polar surface area (TPSA) is 86.4 Å². The van der Waals surface area contributed by atoms with E-state index in [1.807, 2.05) is 18.9 Å². The molecule has 90 valence electrons. The third-order valence-electron chi connectivity index (χ3n) is 1.87. The normalized spacial score (nSPS) is 10.2. The smallest absolute Gasteiger partial charge is 0.323 e. The molecule has 0 saturated carbocycles. The molecule has 0 fully saturated rings. The summed E-state index contributed by atoms with van der Waals surface area (Å²) in [6.07, 6.45) is 0. The molecule has 0 aliphatic rings. The molecule has 1 aromatic heterocycles. The molecule has 0 aliphatic heterocycles. The van der Waals surface area contributed by atoms with E-state index in [0.29, 0.717) is 25.7 Å². The number of rotatable bonds is 6. The number of nitrogens with two attached hydrogens (primary N) is 1. The van der Waals surface area contributed by atoms with E-state index in [1.54, 1.807) is 7.11 Å². The molecule has 1 aromatic rings. The third-order valence-corrected chi connectivity index (χ3v) is 1.87. The van der Waals surface area contributed by atoms with E-state index in [-0.39, 0.29) is 12.0 Å². The number of likely N-dealkylation sites (N-methyl/N-ethyl adjacent to an activating group) is 1. The first kappa shape index (κ1) is 12.4. The average molecular weight is 227 g/mol. The van der Waals surface area contributed by atoms with Crippen LogP contribution in [0.3, 0.4) is 0 Å². The first-order valence-corrected chi connectivity index (χ1v) is 5.01. The van der Waals surface area contributed by atoms with Crippen molar-refractivity contribution >= 4 is 11.9 Å². The molecule has 0 spiro atoms. The summed E-state index contributed by atoms with van der Waals surface area (Å²) in [5, 5.41) is 0. The van der Waals surface area contributed by atoms with E-state index in [2.05, 4.69) is 15.0 Å². The van der Waals surface area contributed by atoms with Crippen LogP contribution in [0.15, 0.2) is 0 Å². The Morgan fingerprint density at radius 2 is 2.06 bits per heavy atom. The zero-order valence-corrected chi connectivity index (χ0v) is 9.80. The van der Waals surface area contributed by atoms with E-state index in [0.717, 1.165) is 0 Å². The van der Waals surface area contributed by atoms with Gasteiger partial charge >= 0.3 is 6.01 Å². The highest BCUT2D eigenvalue weighted by Crippen LogP contribution is 2.11. The van der Waals surface area contributed by atoms with Gasteiger partial charge in [0, 0.05) is 20.7 Å². The zero-order chi connectivity index (χ0) is 12.0. The molecule has 0 unspecified atom stereocenters. The van der Waals surface area contributed by atoms with Crippen LogP contribution in [0.4, 0.5) is 11.9 Å². The predicted octanol–water partition coefficient (Wildman–Crippen LogP) is -0.0649. The summed E-state index contributed by atoms with van der Waals surface area (Å²) in [6, 6.07) is 0.245. The largest absolute Gasteiger partial charge is 0.464 e. The van der Waals surface area contributed by atoms with E-state index < -0.39 is 0 Å². The molecule has 0 aromatic carbocycles. The highest BCUT2D eigenvalue weighted by Gasteiger charge is 2.09. The fourth-order valence-corrected chi connectivity index (χ4v) is 1.05. The molecule has 0 aliphatic carbocycles. The number of nitrogens with zero attached hydrogens (tertiary/aromatic N) is 4. The lowest BCUT2D eigenvalue weighted by Gasteiger charge is -2.16. The van der Waals surface area contributed by atoms with Gasteiger partial charge in [-0.3, -0.25) is 0 Å². The van der Waals surface area contributed by atoms with Crippen molar-refractivity contribution in [1.82, 2.24) is 15.0 Å². The van der Waals surface area contributed by atoms with E-state index in [9.17, 15) is 0 Å². The molecule has 7 nitrogen and oxygen atoms in total. The number of ether oxygens (including phenoxy) is 2.